The predicted molar refractivity (Wildman–Crippen MR) is 72.5 cm³/mol. The molecule has 1 heterocycles. The highest BCUT2D eigenvalue weighted by Crippen LogP contribution is 2.39. The molecule has 3 nitrogen and oxygen atoms in total. The number of hydrogen-bond donors (Lipinski definition) is 1. The highest BCUT2D eigenvalue weighted by atomic mass is 16.2. The Morgan fingerprint density at radius 1 is 1.39 bits per heavy atom. The molecule has 18 heavy (non-hydrogen) atoms. The molecule has 1 N–H and O–H groups in total. The van der Waals surface area contributed by atoms with Crippen LogP contribution in [0, 0.1) is 5.92 Å². The zero-order valence-electron chi connectivity index (χ0n) is 11.0. The van der Waals surface area contributed by atoms with Crippen LogP contribution in [0.4, 0.5) is 5.69 Å². The standard InChI is InChI=1S/C15H20N2O/c1-3-10-8-12(10)16-13-9-15(18)17(2)14-7-5-4-6-11(13)14/h4-7,10,12-13,16H,3,8-9H2,1-2H3. The molecule has 1 aromatic carbocycles. The van der Waals surface area contributed by atoms with Crippen LogP contribution >= 0.6 is 0 Å². The van der Waals surface area contributed by atoms with Crippen LogP contribution in [0.3, 0.4) is 0 Å². The van der Waals surface area contributed by atoms with E-state index in [1.807, 2.05) is 19.2 Å². The van der Waals surface area contributed by atoms with Gasteiger partial charge in [0, 0.05) is 31.2 Å². The summed E-state index contributed by atoms with van der Waals surface area (Å²) in [5.41, 5.74) is 2.32. The van der Waals surface area contributed by atoms with Crippen LogP contribution < -0.4 is 10.2 Å². The minimum atomic E-state index is 0.200. The maximum absolute atomic E-state index is 12.0. The average Bonchev–Trinajstić information content (AvgIpc) is 3.14. The summed E-state index contributed by atoms with van der Waals surface area (Å²) in [6, 6.07) is 9.04. The Hall–Kier alpha value is -1.35. The van der Waals surface area contributed by atoms with Crippen LogP contribution in [0.15, 0.2) is 24.3 Å². The Balaban J connectivity index is 1.83. The third-order valence-electron chi connectivity index (χ3n) is 4.29. The number of para-hydroxylation sites is 1. The van der Waals surface area contributed by atoms with Gasteiger partial charge in [0.1, 0.15) is 0 Å². The third kappa shape index (κ3) is 1.93. The number of carbonyl (C=O) groups excluding carboxylic acids is 1. The lowest BCUT2D eigenvalue weighted by Crippen LogP contribution is -2.38. The first-order chi connectivity index (χ1) is 8.70. The summed E-state index contributed by atoms with van der Waals surface area (Å²) in [5, 5.41) is 3.65. The van der Waals surface area contributed by atoms with Crippen molar-refractivity contribution in [2.24, 2.45) is 5.92 Å². The zero-order valence-corrected chi connectivity index (χ0v) is 11.0. The molecule has 2 aliphatic rings. The van der Waals surface area contributed by atoms with Crippen LogP contribution in [0.25, 0.3) is 0 Å². The van der Waals surface area contributed by atoms with Crippen LogP contribution in [-0.2, 0) is 4.79 Å². The Labute approximate surface area is 108 Å². The number of benzene rings is 1. The van der Waals surface area contributed by atoms with Crippen molar-refractivity contribution in [2.75, 3.05) is 11.9 Å². The topological polar surface area (TPSA) is 32.3 Å². The summed E-state index contributed by atoms with van der Waals surface area (Å²) in [5.74, 6) is 1.02. The first-order valence-electron chi connectivity index (χ1n) is 6.82. The van der Waals surface area contributed by atoms with Crippen LogP contribution in [0.2, 0.25) is 0 Å². The van der Waals surface area contributed by atoms with Gasteiger partial charge >= 0.3 is 0 Å². The van der Waals surface area contributed by atoms with Gasteiger partial charge in [0.25, 0.3) is 0 Å². The zero-order chi connectivity index (χ0) is 12.7. The second-order valence-corrected chi connectivity index (χ2v) is 5.45. The molecule has 3 atom stereocenters. The van der Waals surface area contributed by atoms with Gasteiger partial charge < -0.3 is 10.2 Å². The lowest BCUT2D eigenvalue weighted by Gasteiger charge is -2.32. The van der Waals surface area contributed by atoms with E-state index in [0.717, 1.165) is 11.6 Å². The second-order valence-electron chi connectivity index (χ2n) is 5.45. The molecule has 1 aliphatic heterocycles. The van der Waals surface area contributed by atoms with Gasteiger partial charge in [-0.1, -0.05) is 31.5 Å². The number of anilines is 1. The minimum Gasteiger partial charge on any atom is -0.315 e. The minimum absolute atomic E-state index is 0.200. The molecule has 96 valence electrons. The van der Waals surface area contributed by atoms with Crippen LogP contribution in [0.1, 0.15) is 37.8 Å². The fourth-order valence-electron chi connectivity index (χ4n) is 2.95. The molecule has 3 heteroatoms. The van der Waals surface area contributed by atoms with E-state index in [-0.39, 0.29) is 11.9 Å². The Kier molecular flexibility index (Phi) is 2.86. The number of nitrogens with zero attached hydrogens (tertiary/aromatic N) is 1. The van der Waals surface area contributed by atoms with Crippen molar-refractivity contribution in [3.05, 3.63) is 29.8 Å². The molecule has 0 saturated heterocycles. The number of amides is 1. The smallest absolute Gasteiger partial charge is 0.228 e. The Morgan fingerprint density at radius 3 is 2.89 bits per heavy atom. The molecule has 1 fully saturated rings. The van der Waals surface area contributed by atoms with Crippen molar-refractivity contribution < 1.29 is 4.79 Å². The predicted octanol–water partition coefficient (Wildman–Crippen LogP) is 2.48. The van der Waals surface area contributed by atoms with Gasteiger partial charge in [0.05, 0.1) is 0 Å². The molecule has 0 bridgehead atoms. The average molecular weight is 244 g/mol. The molecule has 0 spiro atoms. The molecule has 1 aromatic rings. The number of rotatable bonds is 3. The van der Waals surface area contributed by atoms with E-state index in [0.29, 0.717) is 12.5 Å². The summed E-state index contributed by atoms with van der Waals surface area (Å²) >= 11 is 0. The highest BCUT2D eigenvalue weighted by Gasteiger charge is 2.39. The van der Waals surface area contributed by atoms with E-state index in [2.05, 4.69) is 24.4 Å². The van der Waals surface area contributed by atoms with Crippen LogP contribution in [-0.4, -0.2) is 19.0 Å². The monoisotopic (exact) mass is 244 g/mol. The number of carbonyl (C=O) groups is 1. The quantitative estimate of drug-likeness (QED) is 0.886. The van der Waals surface area contributed by atoms with Crippen molar-refractivity contribution in [2.45, 2.75) is 38.3 Å². The molecule has 3 unspecified atom stereocenters. The fourth-order valence-corrected chi connectivity index (χ4v) is 2.95. The Morgan fingerprint density at radius 2 is 2.17 bits per heavy atom. The normalized spacial score (nSPS) is 30.2. The van der Waals surface area contributed by atoms with E-state index in [1.165, 1.54) is 18.4 Å². The number of fused-ring (bicyclic) bond motifs is 1. The summed E-state index contributed by atoms with van der Waals surface area (Å²) in [7, 11) is 1.86. The molecule has 1 saturated carbocycles. The third-order valence-corrected chi connectivity index (χ3v) is 4.29. The van der Waals surface area contributed by atoms with E-state index in [1.54, 1.807) is 4.90 Å². The van der Waals surface area contributed by atoms with Gasteiger partial charge in [-0.15, -0.1) is 0 Å². The molecular weight excluding hydrogens is 224 g/mol. The van der Waals surface area contributed by atoms with Gasteiger partial charge in [-0.2, -0.15) is 0 Å². The van der Waals surface area contributed by atoms with Gasteiger partial charge in [-0.25, -0.2) is 0 Å². The maximum atomic E-state index is 12.0. The highest BCUT2D eigenvalue weighted by molar-refractivity contribution is 5.96. The lowest BCUT2D eigenvalue weighted by atomic mass is 9.96. The maximum Gasteiger partial charge on any atom is 0.228 e. The first kappa shape index (κ1) is 11.7. The molecular formula is C15H20N2O. The Bertz CT molecular complexity index is 471. The van der Waals surface area contributed by atoms with Crippen molar-refractivity contribution >= 4 is 11.6 Å². The lowest BCUT2D eigenvalue weighted by molar-refractivity contribution is -0.119. The first-order valence-corrected chi connectivity index (χ1v) is 6.82. The SMILES string of the molecule is CCC1CC1NC1CC(=O)N(C)c2ccccc21. The van der Waals surface area contributed by atoms with E-state index in [4.69, 9.17) is 0 Å². The number of nitrogens with one attached hydrogen (secondary N) is 1. The van der Waals surface area contributed by atoms with E-state index < -0.39 is 0 Å². The van der Waals surface area contributed by atoms with Gasteiger partial charge in [0.15, 0.2) is 0 Å². The molecule has 3 rings (SSSR count). The molecule has 0 aromatic heterocycles. The summed E-state index contributed by atoms with van der Waals surface area (Å²) in [6.07, 6.45) is 3.08. The van der Waals surface area contributed by atoms with Crippen molar-refractivity contribution in [3.63, 3.8) is 0 Å². The summed E-state index contributed by atoms with van der Waals surface area (Å²) in [6.45, 7) is 2.24. The van der Waals surface area contributed by atoms with Gasteiger partial charge in [0.2, 0.25) is 5.91 Å². The summed E-state index contributed by atoms with van der Waals surface area (Å²) < 4.78 is 0. The summed E-state index contributed by atoms with van der Waals surface area (Å²) in [4.78, 5) is 13.8. The second kappa shape index (κ2) is 4.39. The van der Waals surface area contributed by atoms with Gasteiger partial charge in [-0.3, -0.25) is 4.79 Å². The molecule has 1 amide bonds. The van der Waals surface area contributed by atoms with Crippen molar-refractivity contribution in [1.29, 1.82) is 0 Å². The van der Waals surface area contributed by atoms with Gasteiger partial charge in [-0.05, 0) is 24.0 Å². The largest absolute Gasteiger partial charge is 0.315 e. The van der Waals surface area contributed by atoms with E-state index >= 15 is 0 Å². The fraction of sp³-hybridized carbons (Fsp3) is 0.533. The molecule has 1 aliphatic carbocycles. The van der Waals surface area contributed by atoms with Crippen LogP contribution in [0.5, 0.6) is 0 Å². The molecule has 0 radical (unpaired) electrons. The number of hydrogen-bond acceptors (Lipinski definition) is 2. The van der Waals surface area contributed by atoms with E-state index in [9.17, 15) is 4.79 Å². The van der Waals surface area contributed by atoms with Crippen molar-refractivity contribution in [3.8, 4) is 0 Å². The van der Waals surface area contributed by atoms with Crippen molar-refractivity contribution in [1.82, 2.24) is 5.32 Å².